The number of hydrogen-bond donors (Lipinski definition) is 2. The molecule has 0 bridgehead atoms. The summed E-state index contributed by atoms with van der Waals surface area (Å²) in [4.78, 5) is 4.26. The van der Waals surface area contributed by atoms with Gasteiger partial charge in [0.2, 0.25) is 0 Å². The molecule has 1 aliphatic rings. The standard InChI is InChI=1S/C13H13Cl2N3O2/c14-9-2-1-3-10(15)8(9)6-11-17-12(20-18-11)13(19)4-5-16-7-13/h1-3,16,19H,4-7H2. The summed E-state index contributed by atoms with van der Waals surface area (Å²) in [6, 6.07) is 5.30. The Balaban J connectivity index is 1.84. The molecule has 7 heteroatoms. The van der Waals surface area contributed by atoms with Crippen LogP contribution in [0.3, 0.4) is 0 Å². The van der Waals surface area contributed by atoms with Crippen LogP contribution in [0.5, 0.6) is 0 Å². The minimum Gasteiger partial charge on any atom is -0.379 e. The van der Waals surface area contributed by atoms with E-state index in [-0.39, 0.29) is 5.89 Å². The summed E-state index contributed by atoms with van der Waals surface area (Å²) in [5, 5.41) is 18.4. The van der Waals surface area contributed by atoms with Gasteiger partial charge in [-0.2, -0.15) is 4.98 Å². The first-order valence-electron chi connectivity index (χ1n) is 6.27. The predicted molar refractivity (Wildman–Crippen MR) is 74.9 cm³/mol. The number of aliphatic hydroxyl groups is 1. The summed E-state index contributed by atoms with van der Waals surface area (Å²) in [7, 11) is 0. The molecule has 3 rings (SSSR count). The number of hydrogen-bond acceptors (Lipinski definition) is 5. The number of nitrogens with zero attached hydrogens (tertiary/aromatic N) is 2. The molecule has 0 amide bonds. The Kier molecular flexibility index (Phi) is 3.69. The van der Waals surface area contributed by atoms with Crippen molar-refractivity contribution in [1.82, 2.24) is 15.5 Å². The van der Waals surface area contributed by atoms with Crippen molar-refractivity contribution in [2.75, 3.05) is 13.1 Å². The van der Waals surface area contributed by atoms with Gasteiger partial charge in [0.25, 0.3) is 5.89 Å². The molecule has 2 N–H and O–H groups in total. The molecule has 106 valence electrons. The molecular formula is C13H13Cl2N3O2. The van der Waals surface area contributed by atoms with Crippen molar-refractivity contribution in [2.45, 2.75) is 18.4 Å². The van der Waals surface area contributed by atoms with Crippen molar-refractivity contribution in [1.29, 1.82) is 0 Å². The molecule has 20 heavy (non-hydrogen) atoms. The van der Waals surface area contributed by atoms with Gasteiger partial charge in [-0.1, -0.05) is 34.4 Å². The Morgan fingerprint density at radius 2 is 2.10 bits per heavy atom. The number of β-amino-alcohol motifs (C(OH)–C–C–N with tert-alkyl or cyclic N) is 1. The second-order valence-electron chi connectivity index (χ2n) is 4.85. The number of nitrogens with one attached hydrogen (secondary N) is 1. The van der Waals surface area contributed by atoms with Gasteiger partial charge in [-0.15, -0.1) is 0 Å². The van der Waals surface area contributed by atoms with Gasteiger partial charge in [0.1, 0.15) is 0 Å². The quantitative estimate of drug-likeness (QED) is 0.908. The lowest BCUT2D eigenvalue weighted by atomic mass is 10.0. The molecule has 1 aromatic carbocycles. The zero-order valence-electron chi connectivity index (χ0n) is 10.6. The fourth-order valence-electron chi connectivity index (χ4n) is 2.24. The first-order chi connectivity index (χ1) is 9.58. The van der Waals surface area contributed by atoms with Crippen LogP contribution in [-0.2, 0) is 12.0 Å². The summed E-state index contributed by atoms with van der Waals surface area (Å²) in [5.41, 5.74) is -0.324. The maximum absolute atomic E-state index is 10.3. The Morgan fingerprint density at radius 1 is 1.35 bits per heavy atom. The van der Waals surface area contributed by atoms with Crippen LogP contribution < -0.4 is 5.32 Å². The Bertz CT molecular complexity index is 604. The number of halogens is 2. The van der Waals surface area contributed by atoms with E-state index in [4.69, 9.17) is 27.7 Å². The molecule has 0 saturated carbocycles. The highest BCUT2D eigenvalue weighted by atomic mass is 35.5. The van der Waals surface area contributed by atoms with Gasteiger partial charge < -0.3 is 14.9 Å². The van der Waals surface area contributed by atoms with Crippen LogP contribution in [0, 0.1) is 0 Å². The Morgan fingerprint density at radius 3 is 2.75 bits per heavy atom. The van der Waals surface area contributed by atoms with Crippen molar-refractivity contribution < 1.29 is 9.63 Å². The topological polar surface area (TPSA) is 71.2 Å². The van der Waals surface area contributed by atoms with Gasteiger partial charge >= 0.3 is 0 Å². The molecule has 1 fully saturated rings. The lowest BCUT2D eigenvalue weighted by molar-refractivity contribution is 0.0243. The number of aromatic nitrogens is 2. The Hall–Kier alpha value is -1.14. The molecular weight excluding hydrogens is 301 g/mol. The maximum atomic E-state index is 10.3. The summed E-state index contributed by atoms with van der Waals surface area (Å²) in [6.07, 6.45) is 0.924. The van der Waals surface area contributed by atoms with E-state index in [0.29, 0.717) is 35.3 Å². The van der Waals surface area contributed by atoms with Crippen molar-refractivity contribution in [3.8, 4) is 0 Å². The highest BCUT2D eigenvalue weighted by Crippen LogP contribution is 2.29. The lowest BCUT2D eigenvalue weighted by Crippen LogP contribution is -2.28. The molecule has 0 radical (unpaired) electrons. The highest BCUT2D eigenvalue weighted by Gasteiger charge is 2.38. The molecule has 5 nitrogen and oxygen atoms in total. The maximum Gasteiger partial charge on any atom is 0.259 e. The smallest absolute Gasteiger partial charge is 0.259 e. The van der Waals surface area contributed by atoms with E-state index < -0.39 is 5.60 Å². The fourth-order valence-corrected chi connectivity index (χ4v) is 2.77. The predicted octanol–water partition coefficient (Wildman–Crippen LogP) is 2.15. The van der Waals surface area contributed by atoms with Crippen molar-refractivity contribution in [3.05, 3.63) is 45.5 Å². The van der Waals surface area contributed by atoms with Crippen LogP contribution in [-0.4, -0.2) is 28.3 Å². The minimum atomic E-state index is -1.07. The van der Waals surface area contributed by atoms with Gasteiger partial charge in [-0.25, -0.2) is 0 Å². The number of rotatable bonds is 3. The van der Waals surface area contributed by atoms with Crippen molar-refractivity contribution in [2.24, 2.45) is 0 Å². The molecule has 1 saturated heterocycles. The van der Waals surface area contributed by atoms with E-state index in [1.807, 2.05) is 0 Å². The Labute approximate surface area is 125 Å². The van der Waals surface area contributed by atoms with Gasteiger partial charge in [-0.05, 0) is 30.7 Å². The van der Waals surface area contributed by atoms with Crippen LogP contribution in [0.15, 0.2) is 22.7 Å². The van der Waals surface area contributed by atoms with Crippen LogP contribution in [0.2, 0.25) is 10.0 Å². The van der Waals surface area contributed by atoms with E-state index in [1.165, 1.54) is 0 Å². The molecule has 0 spiro atoms. The second kappa shape index (κ2) is 5.33. The summed E-state index contributed by atoms with van der Waals surface area (Å²) in [6.45, 7) is 1.14. The van der Waals surface area contributed by atoms with Crippen LogP contribution in [0.1, 0.15) is 23.7 Å². The average molecular weight is 314 g/mol. The highest BCUT2D eigenvalue weighted by molar-refractivity contribution is 6.36. The van der Waals surface area contributed by atoms with Gasteiger partial charge in [0.05, 0.1) is 0 Å². The van der Waals surface area contributed by atoms with Crippen molar-refractivity contribution >= 4 is 23.2 Å². The van der Waals surface area contributed by atoms with Crippen LogP contribution in [0.25, 0.3) is 0 Å². The zero-order valence-corrected chi connectivity index (χ0v) is 12.1. The van der Waals surface area contributed by atoms with E-state index in [2.05, 4.69) is 15.5 Å². The minimum absolute atomic E-state index is 0.237. The number of benzene rings is 1. The summed E-state index contributed by atoms with van der Waals surface area (Å²) in [5.74, 6) is 0.691. The molecule has 2 aromatic rings. The van der Waals surface area contributed by atoms with E-state index in [0.717, 1.165) is 12.1 Å². The normalized spacial score (nSPS) is 22.4. The van der Waals surface area contributed by atoms with E-state index >= 15 is 0 Å². The van der Waals surface area contributed by atoms with Gasteiger partial charge in [0.15, 0.2) is 11.4 Å². The molecule has 1 aliphatic heterocycles. The third kappa shape index (κ3) is 2.54. The monoisotopic (exact) mass is 313 g/mol. The molecule has 2 heterocycles. The van der Waals surface area contributed by atoms with E-state index in [1.54, 1.807) is 18.2 Å². The molecule has 1 unspecified atom stereocenters. The molecule has 1 atom stereocenters. The summed E-state index contributed by atoms with van der Waals surface area (Å²) >= 11 is 12.2. The summed E-state index contributed by atoms with van der Waals surface area (Å²) < 4.78 is 5.17. The SMILES string of the molecule is OC1(c2nc(Cc3c(Cl)cccc3Cl)no2)CCNC1. The van der Waals surface area contributed by atoms with Crippen LogP contribution in [0.4, 0.5) is 0 Å². The van der Waals surface area contributed by atoms with Crippen molar-refractivity contribution in [3.63, 3.8) is 0 Å². The first kappa shape index (κ1) is 13.8. The zero-order chi connectivity index (χ0) is 14.2. The third-order valence-corrected chi connectivity index (χ3v) is 4.10. The molecule has 0 aliphatic carbocycles. The fraction of sp³-hybridized carbons (Fsp3) is 0.385. The van der Waals surface area contributed by atoms with E-state index in [9.17, 15) is 5.11 Å². The second-order valence-corrected chi connectivity index (χ2v) is 5.67. The molecule has 1 aromatic heterocycles. The van der Waals surface area contributed by atoms with Gasteiger partial charge in [0, 0.05) is 23.0 Å². The average Bonchev–Trinajstić information content (AvgIpc) is 3.04. The third-order valence-electron chi connectivity index (χ3n) is 3.40. The largest absolute Gasteiger partial charge is 0.379 e. The van der Waals surface area contributed by atoms with Gasteiger partial charge in [-0.3, -0.25) is 0 Å². The van der Waals surface area contributed by atoms with Crippen LogP contribution >= 0.6 is 23.2 Å². The lowest BCUT2D eigenvalue weighted by Gasteiger charge is -2.14. The first-order valence-corrected chi connectivity index (χ1v) is 7.03.